The average Bonchev–Trinajstić information content (AvgIpc) is 3.31. The van der Waals surface area contributed by atoms with Crippen LogP contribution in [-0.2, 0) is 0 Å². The van der Waals surface area contributed by atoms with E-state index in [1.54, 1.807) is 18.3 Å². The molecule has 3 heterocycles. The lowest BCUT2D eigenvalue weighted by Gasteiger charge is -2.28. The zero-order chi connectivity index (χ0) is 23.1. The maximum Gasteiger partial charge on any atom is 0.174 e. The van der Waals surface area contributed by atoms with E-state index in [-0.39, 0.29) is 17.9 Å². The molecule has 4 nitrogen and oxygen atoms in total. The summed E-state index contributed by atoms with van der Waals surface area (Å²) in [5.74, 6) is -0.286. The molecule has 2 atom stereocenters. The van der Waals surface area contributed by atoms with E-state index >= 15 is 0 Å². The van der Waals surface area contributed by atoms with Crippen LogP contribution in [0.4, 0.5) is 10.1 Å². The number of hydrogen-bond acceptors (Lipinski definition) is 2. The van der Waals surface area contributed by atoms with Crippen LogP contribution in [0.15, 0.2) is 79.0 Å². The van der Waals surface area contributed by atoms with Gasteiger partial charge in [-0.15, -0.1) is 0 Å². The number of nitrogens with one attached hydrogen (secondary N) is 1. The number of rotatable bonds is 4. The SMILES string of the molecule is Cc1cc([C@H]2[C@H](c3ccccn3)NC(=S)N2c2ccc(F)cc2)c(C)n1-c1ccccc1Cl. The lowest BCUT2D eigenvalue weighted by atomic mass is 9.96. The molecular formula is C26H22ClFN4S. The standard InChI is InChI=1S/C26H22ClFN4S/c1-16-15-20(17(2)31(16)23-9-4-3-7-21(23)27)25-24(22-8-5-6-14-29-22)30-26(33)32(25)19-12-10-18(28)11-13-19/h3-15,24-25H,1-2H3,(H,30,33)/t24-,25-/m0/s1. The van der Waals surface area contributed by atoms with E-state index < -0.39 is 0 Å². The van der Waals surface area contributed by atoms with Crippen LogP contribution in [0.3, 0.4) is 0 Å². The molecule has 2 aromatic carbocycles. The number of nitrogens with zero attached hydrogens (tertiary/aromatic N) is 3. The van der Waals surface area contributed by atoms with Crippen molar-refractivity contribution in [2.24, 2.45) is 0 Å². The molecule has 1 N–H and O–H groups in total. The van der Waals surface area contributed by atoms with Crippen LogP contribution in [0.5, 0.6) is 0 Å². The summed E-state index contributed by atoms with van der Waals surface area (Å²) in [7, 11) is 0. The Hall–Kier alpha value is -3.22. The van der Waals surface area contributed by atoms with E-state index in [0.29, 0.717) is 10.1 Å². The van der Waals surface area contributed by atoms with Crippen molar-refractivity contribution in [3.8, 4) is 5.69 Å². The highest BCUT2D eigenvalue weighted by Gasteiger charge is 2.42. The molecule has 1 fully saturated rings. The maximum absolute atomic E-state index is 13.7. The molecule has 33 heavy (non-hydrogen) atoms. The molecule has 0 unspecified atom stereocenters. The normalized spacial score (nSPS) is 17.9. The zero-order valence-corrected chi connectivity index (χ0v) is 19.7. The fraction of sp³-hybridized carbons (Fsp3) is 0.154. The largest absolute Gasteiger partial charge is 0.351 e. The van der Waals surface area contributed by atoms with Crippen LogP contribution in [0.25, 0.3) is 5.69 Å². The Labute approximate surface area is 202 Å². The highest BCUT2D eigenvalue weighted by Crippen LogP contribution is 2.44. The van der Waals surface area contributed by atoms with Crippen molar-refractivity contribution in [1.29, 1.82) is 0 Å². The Morgan fingerprint density at radius 3 is 2.42 bits per heavy atom. The average molecular weight is 477 g/mol. The summed E-state index contributed by atoms with van der Waals surface area (Å²) >= 11 is 12.3. The Morgan fingerprint density at radius 1 is 1.00 bits per heavy atom. The number of halogens is 2. The van der Waals surface area contributed by atoms with Gasteiger partial charge in [-0.05, 0) is 86.2 Å². The number of aromatic nitrogens is 2. The van der Waals surface area contributed by atoms with Crippen LogP contribution < -0.4 is 10.2 Å². The Morgan fingerprint density at radius 2 is 1.73 bits per heavy atom. The summed E-state index contributed by atoms with van der Waals surface area (Å²) in [5, 5.41) is 4.71. The van der Waals surface area contributed by atoms with Gasteiger partial charge in [-0.3, -0.25) is 4.98 Å². The van der Waals surface area contributed by atoms with Crippen molar-refractivity contribution in [2.75, 3.05) is 4.90 Å². The Kier molecular flexibility index (Phi) is 5.64. The van der Waals surface area contributed by atoms with Crippen LogP contribution in [-0.4, -0.2) is 14.7 Å². The summed E-state index contributed by atoms with van der Waals surface area (Å²) in [4.78, 5) is 6.66. The van der Waals surface area contributed by atoms with E-state index in [1.165, 1.54) is 12.1 Å². The Balaban J connectivity index is 1.69. The summed E-state index contributed by atoms with van der Waals surface area (Å²) in [6.45, 7) is 4.16. The minimum absolute atomic E-state index is 0.177. The van der Waals surface area contributed by atoms with Crippen molar-refractivity contribution < 1.29 is 4.39 Å². The Bertz CT molecular complexity index is 1320. The second-order valence-corrected chi connectivity index (χ2v) is 8.88. The van der Waals surface area contributed by atoms with E-state index in [9.17, 15) is 4.39 Å². The molecule has 0 spiro atoms. The van der Waals surface area contributed by atoms with E-state index in [0.717, 1.165) is 34.0 Å². The third-order valence-electron chi connectivity index (χ3n) is 6.09. The molecule has 1 aliphatic heterocycles. The molecule has 5 rings (SSSR count). The van der Waals surface area contributed by atoms with Gasteiger partial charge < -0.3 is 14.8 Å². The van der Waals surface area contributed by atoms with Crippen molar-refractivity contribution in [1.82, 2.24) is 14.9 Å². The number of thiocarbonyl (C=S) groups is 1. The predicted molar refractivity (Wildman–Crippen MR) is 135 cm³/mol. The lowest BCUT2D eigenvalue weighted by molar-refractivity contribution is 0.565. The second-order valence-electron chi connectivity index (χ2n) is 8.09. The highest BCUT2D eigenvalue weighted by molar-refractivity contribution is 7.80. The van der Waals surface area contributed by atoms with Crippen molar-refractivity contribution in [3.63, 3.8) is 0 Å². The third-order valence-corrected chi connectivity index (χ3v) is 6.72. The van der Waals surface area contributed by atoms with Crippen molar-refractivity contribution in [2.45, 2.75) is 25.9 Å². The molecule has 7 heteroatoms. The molecule has 0 saturated carbocycles. The molecule has 1 aliphatic rings. The summed E-state index contributed by atoms with van der Waals surface area (Å²) < 4.78 is 15.8. The van der Waals surface area contributed by atoms with Crippen LogP contribution in [0, 0.1) is 19.7 Å². The topological polar surface area (TPSA) is 33.1 Å². The van der Waals surface area contributed by atoms with E-state index in [4.69, 9.17) is 23.8 Å². The first-order chi connectivity index (χ1) is 16.0. The maximum atomic E-state index is 13.7. The first-order valence-corrected chi connectivity index (χ1v) is 11.4. The number of hydrogen-bond donors (Lipinski definition) is 1. The number of pyridine rings is 1. The smallest absolute Gasteiger partial charge is 0.174 e. The van der Waals surface area contributed by atoms with Crippen LogP contribution in [0.2, 0.25) is 5.02 Å². The van der Waals surface area contributed by atoms with Gasteiger partial charge in [0.2, 0.25) is 0 Å². The molecule has 166 valence electrons. The number of aryl methyl sites for hydroxylation is 1. The van der Waals surface area contributed by atoms with Gasteiger partial charge in [0.25, 0.3) is 0 Å². The zero-order valence-electron chi connectivity index (χ0n) is 18.2. The van der Waals surface area contributed by atoms with Crippen molar-refractivity contribution >= 4 is 34.6 Å². The minimum Gasteiger partial charge on any atom is -0.351 e. The molecule has 0 aliphatic carbocycles. The monoisotopic (exact) mass is 476 g/mol. The molecule has 2 aromatic heterocycles. The van der Waals surface area contributed by atoms with Gasteiger partial charge in [-0.1, -0.05) is 29.8 Å². The molecule has 0 radical (unpaired) electrons. The van der Waals surface area contributed by atoms with Gasteiger partial charge in [0.15, 0.2) is 5.11 Å². The summed E-state index contributed by atoms with van der Waals surface area (Å²) in [6, 6.07) is 21.9. The summed E-state index contributed by atoms with van der Waals surface area (Å²) in [6.07, 6.45) is 1.78. The van der Waals surface area contributed by atoms with Gasteiger partial charge in [-0.25, -0.2) is 4.39 Å². The third kappa shape index (κ3) is 3.79. The van der Waals surface area contributed by atoms with Crippen LogP contribution in [0.1, 0.15) is 34.7 Å². The fourth-order valence-electron chi connectivity index (χ4n) is 4.64. The molecule has 1 saturated heterocycles. The fourth-order valence-corrected chi connectivity index (χ4v) is 5.21. The molecule has 4 aromatic rings. The number of benzene rings is 2. The van der Waals surface area contributed by atoms with Gasteiger partial charge in [0, 0.05) is 23.3 Å². The van der Waals surface area contributed by atoms with Crippen molar-refractivity contribution in [3.05, 3.63) is 112 Å². The minimum atomic E-state index is -0.286. The molecule has 0 amide bonds. The first-order valence-electron chi connectivity index (χ1n) is 10.7. The summed E-state index contributed by atoms with van der Waals surface area (Å²) in [5.41, 5.74) is 5.85. The first kappa shape index (κ1) is 21.6. The lowest BCUT2D eigenvalue weighted by Crippen LogP contribution is -2.29. The van der Waals surface area contributed by atoms with Crippen LogP contribution >= 0.6 is 23.8 Å². The quantitative estimate of drug-likeness (QED) is 0.343. The predicted octanol–water partition coefficient (Wildman–Crippen LogP) is 6.46. The van der Waals surface area contributed by atoms with E-state index in [1.807, 2.05) is 47.4 Å². The van der Waals surface area contributed by atoms with Gasteiger partial charge in [0.05, 0.1) is 28.5 Å². The number of anilines is 1. The van der Waals surface area contributed by atoms with E-state index in [2.05, 4.69) is 34.8 Å². The number of para-hydroxylation sites is 1. The van der Waals surface area contributed by atoms with Gasteiger partial charge >= 0.3 is 0 Å². The van der Waals surface area contributed by atoms with Gasteiger partial charge in [0.1, 0.15) is 5.82 Å². The second kappa shape index (κ2) is 8.61. The van der Waals surface area contributed by atoms with Gasteiger partial charge in [-0.2, -0.15) is 0 Å². The molecular weight excluding hydrogens is 455 g/mol. The highest BCUT2D eigenvalue weighted by atomic mass is 35.5. The molecule has 0 bridgehead atoms.